The molecule has 1 N–H and O–H groups in total. The van der Waals surface area contributed by atoms with Gasteiger partial charge in [0, 0.05) is 18.5 Å². The van der Waals surface area contributed by atoms with Gasteiger partial charge in [-0.1, -0.05) is 55.8 Å². The van der Waals surface area contributed by atoms with Crippen molar-refractivity contribution in [2.24, 2.45) is 0 Å². The van der Waals surface area contributed by atoms with Crippen LogP contribution >= 0.6 is 11.6 Å². The van der Waals surface area contributed by atoms with Crippen molar-refractivity contribution in [3.8, 4) is 0 Å². The molecule has 1 aromatic heterocycles. The third kappa shape index (κ3) is 4.49. The molecule has 0 saturated heterocycles. The monoisotopic (exact) mass is 289 g/mol. The molecule has 2 aromatic rings. The fraction of sp³-hybridized carbons (Fsp3) is 0.375. The number of aryl methyl sites for hydroxylation is 1. The molecule has 1 aromatic carbocycles. The molecule has 0 aliphatic heterocycles. The van der Waals surface area contributed by atoms with Gasteiger partial charge in [0.25, 0.3) is 0 Å². The van der Waals surface area contributed by atoms with E-state index in [1.807, 2.05) is 6.07 Å². The maximum atomic E-state index is 6.01. The highest BCUT2D eigenvalue weighted by atomic mass is 35.5. The van der Waals surface area contributed by atoms with Gasteiger partial charge in [-0.2, -0.15) is 0 Å². The Kier molecular flexibility index (Phi) is 5.36. The van der Waals surface area contributed by atoms with Gasteiger partial charge in [-0.15, -0.1) is 0 Å². The van der Waals surface area contributed by atoms with Crippen LogP contribution in [0.4, 0.5) is 5.82 Å². The molecule has 0 amide bonds. The van der Waals surface area contributed by atoms with E-state index >= 15 is 0 Å². The lowest BCUT2D eigenvalue weighted by Crippen LogP contribution is -2.07. The Morgan fingerprint density at radius 3 is 2.60 bits per heavy atom. The SMILES string of the molecule is CC(C)c1nc(Cl)cc(NCCCc2ccccc2)n1. The summed E-state index contributed by atoms with van der Waals surface area (Å²) in [5.41, 5.74) is 1.36. The predicted octanol–water partition coefficient (Wildman–Crippen LogP) is 4.30. The largest absolute Gasteiger partial charge is 0.370 e. The van der Waals surface area contributed by atoms with Gasteiger partial charge in [0.15, 0.2) is 0 Å². The van der Waals surface area contributed by atoms with Crippen molar-refractivity contribution in [3.63, 3.8) is 0 Å². The number of aromatic nitrogens is 2. The molecular formula is C16H20ClN3. The number of halogens is 1. The fourth-order valence-corrected chi connectivity index (χ4v) is 2.13. The van der Waals surface area contributed by atoms with Crippen molar-refractivity contribution in [2.45, 2.75) is 32.6 Å². The summed E-state index contributed by atoms with van der Waals surface area (Å²) in [7, 11) is 0. The zero-order valence-electron chi connectivity index (χ0n) is 11.9. The van der Waals surface area contributed by atoms with Crippen LogP contribution in [0.1, 0.15) is 37.6 Å². The van der Waals surface area contributed by atoms with Crippen molar-refractivity contribution in [1.82, 2.24) is 9.97 Å². The van der Waals surface area contributed by atoms with Crippen molar-refractivity contribution in [3.05, 3.63) is 52.9 Å². The number of hydrogen-bond donors (Lipinski definition) is 1. The maximum absolute atomic E-state index is 6.01. The van der Waals surface area contributed by atoms with Gasteiger partial charge in [0.2, 0.25) is 0 Å². The minimum Gasteiger partial charge on any atom is -0.370 e. The molecule has 2 rings (SSSR count). The third-order valence-electron chi connectivity index (χ3n) is 3.02. The summed E-state index contributed by atoms with van der Waals surface area (Å²) in [5.74, 6) is 1.86. The molecule has 0 aliphatic carbocycles. The van der Waals surface area contributed by atoms with Crippen LogP contribution in [0, 0.1) is 0 Å². The van der Waals surface area contributed by atoms with Gasteiger partial charge < -0.3 is 5.32 Å². The van der Waals surface area contributed by atoms with Crippen LogP contribution in [0.5, 0.6) is 0 Å². The molecular weight excluding hydrogens is 270 g/mol. The first kappa shape index (κ1) is 14.8. The molecule has 4 heteroatoms. The average Bonchev–Trinajstić information content (AvgIpc) is 2.44. The van der Waals surface area contributed by atoms with Crippen LogP contribution in [0.15, 0.2) is 36.4 Å². The molecule has 106 valence electrons. The normalized spacial score (nSPS) is 10.8. The number of anilines is 1. The van der Waals surface area contributed by atoms with E-state index in [-0.39, 0.29) is 5.92 Å². The standard InChI is InChI=1S/C16H20ClN3/c1-12(2)16-19-14(17)11-15(20-16)18-10-6-9-13-7-4-3-5-8-13/h3-5,7-8,11-12H,6,9-10H2,1-2H3,(H,18,19,20). The van der Waals surface area contributed by atoms with Gasteiger partial charge in [-0.3, -0.25) is 0 Å². The molecule has 0 saturated carbocycles. The Balaban J connectivity index is 1.85. The Labute approximate surface area is 125 Å². The molecule has 0 unspecified atom stereocenters. The van der Waals surface area contributed by atoms with Crippen LogP contribution < -0.4 is 5.32 Å². The quantitative estimate of drug-likeness (QED) is 0.636. The zero-order valence-corrected chi connectivity index (χ0v) is 12.7. The average molecular weight is 290 g/mol. The van der Waals surface area contributed by atoms with Crippen LogP contribution in [0.25, 0.3) is 0 Å². The molecule has 0 atom stereocenters. The van der Waals surface area contributed by atoms with Crippen molar-refractivity contribution < 1.29 is 0 Å². The van der Waals surface area contributed by atoms with E-state index in [2.05, 4.69) is 53.4 Å². The molecule has 0 bridgehead atoms. The number of hydrogen-bond acceptors (Lipinski definition) is 3. The number of benzene rings is 1. The van der Waals surface area contributed by atoms with E-state index in [4.69, 9.17) is 11.6 Å². The van der Waals surface area contributed by atoms with E-state index in [0.717, 1.165) is 31.0 Å². The van der Waals surface area contributed by atoms with Gasteiger partial charge >= 0.3 is 0 Å². The van der Waals surface area contributed by atoms with E-state index in [9.17, 15) is 0 Å². The Morgan fingerprint density at radius 2 is 1.90 bits per heavy atom. The second-order valence-electron chi connectivity index (χ2n) is 5.10. The summed E-state index contributed by atoms with van der Waals surface area (Å²) in [6.45, 7) is 5.00. The van der Waals surface area contributed by atoms with Crippen molar-refractivity contribution in [2.75, 3.05) is 11.9 Å². The van der Waals surface area contributed by atoms with Gasteiger partial charge in [-0.05, 0) is 18.4 Å². The highest BCUT2D eigenvalue weighted by molar-refractivity contribution is 6.29. The second-order valence-corrected chi connectivity index (χ2v) is 5.49. The highest BCUT2D eigenvalue weighted by Gasteiger charge is 2.06. The van der Waals surface area contributed by atoms with E-state index in [1.54, 1.807) is 6.07 Å². The minimum absolute atomic E-state index is 0.276. The Bertz CT molecular complexity index is 541. The molecule has 3 nitrogen and oxygen atoms in total. The van der Waals surface area contributed by atoms with E-state index in [0.29, 0.717) is 5.15 Å². The molecule has 0 radical (unpaired) electrons. The van der Waals surface area contributed by atoms with Gasteiger partial charge in [0.05, 0.1) is 0 Å². The second kappa shape index (κ2) is 7.25. The number of rotatable bonds is 6. The minimum atomic E-state index is 0.276. The summed E-state index contributed by atoms with van der Waals surface area (Å²) < 4.78 is 0. The first-order valence-electron chi connectivity index (χ1n) is 6.97. The Hall–Kier alpha value is -1.61. The van der Waals surface area contributed by atoms with Crippen molar-refractivity contribution in [1.29, 1.82) is 0 Å². The Morgan fingerprint density at radius 1 is 1.15 bits per heavy atom. The van der Waals surface area contributed by atoms with Gasteiger partial charge in [0.1, 0.15) is 16.8 Å². The highest BCUT2D eigenvalue weighted by Crippen LogP contribution is 2.17. The number of nitrogens with zero attached hydrogens (tertiary/aromatic N) is 2. The lowest BCUT2D eigenvalue weighted by atomic mass is 10.1. The van der Waals surface area contributed by atoms with Crippen LogP contribution in [-0.2, 0) is 6.42 Å². The van der Waals surface area contributed by atoms with E-state index < -0.39 is 0 Å². The van der Waals surface area contributed by atoms with Gasteiger partial charge in [-0.25, -0.2) is 9.97 Å². The van der Waals surface area contributed by atoms with Crippen LogP contribution in [0.3, 0.4) is 0 Å². The fourth-order valence-electron chi connectivity index (χ4n) is 1.94. The van der Waals surface area contributed by atoms with Crippen molar-refractivity contribution >= 4 is 17.4 Å². The molecule has 0 fully saturated rings. The molecule has 0 aliphatic rings. The van der Waals surface area contributed by atoms with Crippen LogP contribution in [-0.4, -0.2) is 16.5 Å². The first-order valence-corrected chi connectivity index (χ1v) is 7.35. The molecule has 20 heavy (non-hydrogen) atoms. The topological polar surface area (TPSA) is 37.8 Å². The summed E-state index contributed by atoms with van der Waals surface area (Å²) in [4.78, 5) is 8.69. The lowest BCUT2D eigenvalue weighted by Gasteiger charge is -2.09. The lowest BCUT2D eigenvalue weighted by molar-refractivity contribution is 0.771. The maximum Gasteiger partial charge on any atom is 0.135 e. The smallest absolute Gasteiger partial charge is 0.135 e. The summed E-state index contributed by atoms with van der Waals surface area (Å²) in [6.07, 6.45) is 2.12. The number of nitrogens with one attached hydrogen (secondary N) is 1. The zero-order chi connectivity index (χ0) is 14.4. The first-order chi connectivity index (χ1) is 9.65. The summed E-state index contributed by atoms with van der Waals surface area (Å²) in [6, 6.07) is 12.3. The van der Waals surface area contributed by atoms with E-state index in [1.165, 1.54) is 5.56 Å². The molecule has 0 spiro atoms. The predicted molar refractivity (Wildman–Crippen MR) is 84.4 cm³/mol. The summed E-state index contributed by atoms with van der Waals surface area (Å²) >= 11 is 6.01. The summed E-state index contributed by atoms with van der Waals surface area (Å²) in [5, 5.41) is 3.81. The molecule has 1 heterocycles. The van der Waals surface area contributed by atoms with Crippen LogP contribution in [0.2, 0.25) is 5.15 Å². The third-order valence-corrected chi connectivity index (χ3v) is 3.21.